The molecule has 2 aliphatic rings. The van der Waals surface area contributed by atoms with Gasteiger partial charge >= 0.3 is 25.7 Å². The Bertz CT molecular complexity index is 1880. The minimum absolute atomic E-state index is 0.130. The summed E-state index contributed by atoms with van der Waals surface area (Å²) in [5.41, 5.74) is 4.52. The van der Waals surface area contributed by atoms with Crippen molar-refractivity contribution in [1.29, 1.82) is 5.26 Å². The largest absolute Gasteiger partial charge is 0.464 e. The number of ether oxygens (including phenoxy) is 4. The summed E-state index contributed by atoms with van der Waals surface area (Å²) in [6.07, 6.45) is 0.916. The Morgan fingerprint density at radius 2 is 1.69 bits per heavy atom. The highest BCUT2D eigenvalue weighted by atomic mass is 31.2. The number of nitrogens with two attached hydrogens (primary N) is 1. The maximum absolute atomic E-state index is 14.6. The molecule has 1 saturated carbocycles. The summed E-state index contributed by atoms with van der Waals surface area (Å²) in [5.74, 6) is -2.21. The summed E-state index contributed by atoms with van der Waals surface area (Å²) in [6.45, 7) is 9.46. The van der Waals surface area contributed by atoms with Crippen molar-refractivity contribution in [2.45, 2.75) is 97.2 Å². The zero-order valence-electron chi connectivity index (χ0n) is 31.4. The Kier molecular flexibility index (Phi) is 13.0. The van der Waals surface area contributed by atoms with Crippen molar-refractivity contribution in [2.24, 2.45) is 23.7 Å². The normalized spacial score (nSPS) is 25.8. The number of nitrogen functional groups attached to an aromatic ring is 1. The monoisotopic (exact) mass is 768 g/mol. The molecule has 1 aliphatic heterocycles. The van der Waals surface area contributed by atoms with Gasteiger partial charge in [-0.3, -0.25) is 18.9 Å². The number of para-hydroxylation sites is 1. The van der Waals surface area contributed by atoms with Crippen molar-refractivity contribution < 1.29 is 46.9 Å². The molecule has 0 bridgehead atoms. The number of nitrogens with one attached hydrogen (secondary N) is 1. The van der Waals surface area contributed by atoms with E-state index in [9.17, 15) is 24.2 Å². The number of carbonyl (C=O) groups is 3. The summed E-state index contributed by atoms with van der Waals surface area (Å²) >= 11 is 0. The van der Waals surface area contributed by atoms with E-state index in [1.54, 1.807) is 58.0 Å². The lowest BCUT2D eigenvalue weighted by molar-refractivity contribution is -0.173. The van der Waals surface area contributed by atoms with Crippen LogP contribution in [0, 0.1) is 35.0 Å². The highest BCUT2D eigenvalue weighted by Crippen LogP contribution is 2.50. The van der Waals surface area contributed by atoms with Gasteiger partial charge in [0.1, 0.15) is 42.4 Å². The van der Waals surface area contributed by atoms with E-state index in [1.165, 1.54) is 29.9 Å². The number of nitriles is 1. The first-order chi connectivity index (χ1) is 25.6. The molecule has 3 heterocycles. The fraction of sp³-hybridized carbons (Fsp3) is 0.568. The minimum Gasteiger partial charge on any atom is -0.464 e. The van der Waals surface area contributed by atoms with Crippen LogP contribution in [0.15, 0.2) is 48.8 Å². The predicted octanol–water partition coefficient (Wildman–Crippen LogP) is 5.33. The lowest BCUT2D eigenvalue weighted by Gasteiger charge is -2.31. The molecule has 6 atom stereocenters. The van der Waals surface area contributed by atoms with E-state index in [1.807, 2.05) is 6.07 Å². The van der Waals surface area contributed by atoms with Crippen LogP contribution >= 0.6 is 7.75 Å². The molecule has 5 rings (SSSR count). The van der Waals surface area contributed by atoms with Gasteiger partial charge in [0.25, 0.3) is 0 Å². The van der Waals surface area contributed by atoms with E-state index in [4.69, 9.17) is 33.7 Å². The molecule has 2 aromatic heterocycles. The van der Waals surface area contributed by atoms with Crippen molar-refractivity contribution >= 4 is 37.0 Å². The molecule has 0 radical (unpaired) electrons. The SMILES string of the molecule is CC1CCC(COC(=O)[C@H](C)N[P@](=O)(OC[C@@]2(C#N)O[C@@H](c3ccc4c(N)ncnn34)[C@H](OC(=O)C(C)C)[C@@H]2OC(=O)C(C)C)Oc2ccccc2)CC1. The fourth-order valence-corrected chi connectivity index (χ4v) is 7.78. The molecule has 1 aromatic carbocycles. The average molecular weight is 769 g/mol. The summed E-state index contributed by atoms with van der Waals surface area (Å²) < 4.78 is 51.7. The van der Waals surface area contributed by atoms with Gasteiger partial charge in [0.2, 0.25) is 5.60 Å². The number of anilines is 1. The van der Waals surface area contributed by atoms with Crippen LogP contribution in [0.4, 0.5) is 5.82 Å². The third kappa shape index (κ3) is 9.38. The van der Waals surface area contributed by atoms with Gasteiger partial charge < -0.3 is 29.2 Å². The minimum atomic E-state index is -4.56. The highest BCUT2D eigenvalue weighted by Gasteiger charge is 2.62. The number of esters is 3. The van der Waals surface area contributed by atoms with Crippen LogP contribution < -0.4 is 15.3 Å². The van der Waals surface area contributed by atoms with Gasteiger partial charge in [0, 0.05) is 0 Å². The van der Waals surface area contributed by atoms with E-state index in [2.05, 4.69) is 22.1 Å². The molecule has 1 saturated heterocycles. The first kappa shape index (κ1) is 40.6. The third-order valence-electron chi connectivity index (χ3n) is 9.54. The summed E-state index contributed by atoms with van der Waals surface area (Å²) in [7, 11) is -4.56. The van der Waals surface area contributed by atoms with Crippen LogP contribution in [-0.4, -0.2) is 69.6 Å². The highest BCUT2D eigenvalue weighted by molar-refractivity contribution is 7.52. The lowest BCUT2D eigenvalue weighted by Crippen LogP contribution is -2.50. The predicted molar refractivity (Wildman–Crippen MR) is 194 cm³/mol. The van der Waals surface area contributed by atoms with Crippen LogP contribution in [0.25, 0.3) is 5.52 Å². The topological polar surface area (TPSA) is 216 Å². The average Bonchev–Trinajstić information content (AvgIpc) is 3.70. The molecule has 3 N–H and O–H groups in total. The molecule has 0 unspecified atom stereocenters. The first-order valence-electron chi connectivity index (χ1n) is 18.2. The smallest absolute Gasteiger partial charge is 0.459 e. The van der Waals surface area contributed by atoms with Crippen molar-refractivity contribution in [3.05, 3.63) is 54.5 Å². The molecular weight excluding hydrogens is 719 g/mol. The molecule has 0 spiro atoms. The van der Waals surface area contributed by atoms with Gasteiger partial charge in [-0.05, 0) is 55.9 Å². The Morgan fingerprint density at radius 3 is 2.33 bits per heavy atom. The van der Waals surface area contributed by atoms with Crippen LogP contribution in [0.5, 0.6) is 5.75 Å². The van der Waals surface area contributed by atoms with Gasteiger partial charge in [-0.15, -0.1) is 0 Å². The molecule has 17 heteroatoms. The molecule has 0 amide bonds. The number of aromatic nitrogens is 3. The number of hydrogen-bond donors (Lipinski definition) is 2. The van der Waals surface area contributed by atoms with Crippen LogP contribution in [0.2, 0.25) is 0 Å². The Morgan fingerprint density at radius 1 is 1.02 bits per heavy atom. The third-order valence-corrected chi connectivity index (χ3v) is 11.2. The molecule has 1 aliphatic carbocycles. The number of nitrogens with zero attached hydrogens (tertiary/aromatic N) is 4. The van der Waals surface area contributed by atoms with E-state index in [0.717, 1.165) is 25.7 Å². The number of carbonyl (C=O) groups excluding carboxylic acids is 3. The second-order valence-electron chi connectivity index (χ2n) is 14.6. The Balaban J connectivity index is 1.48. The molecule has 292 valence electrons. The van der Waals surface area contributed by atoms with Crippen molar-refractivity contribution in [3.63, 3.8) is 0 Å². The fourth-order valence-electron chi connectivity index (χ4n) is 6.26. The number of rotatable bonds is 15. The summed E-state index contributed by atoms with van der Waals surface area (Å²) in [6, 6.07) is 12.2. The molecule has 3 aromatic rings. The Hall–Kier alpha value is -4.55. The maximum Gasteiger partial charge on any atom is 0.459 e. The quantitative estimate of drug-likeness (QED) is 0.113. The molecule has 16 nitrogen and oxygen atoms in total. The van der Waals surface area contributed by atoms with E-state index in [-0.39, 0.29) is 29.8 Å². The lowest BCUT2D eigenvalue weighted by atomic mass is 9.83. The van der Waals surface area contributed by atoms with E-state index < -0.39 is 74.1 Å². The zero-order chi connectivity index (χ0) is 39.2. The van der Waals surface area contributed by atoms with Crippen molar-refractivity contribution in [1.82, 2.24) is 19.7 Å². The van der Waals surface area contributed by atoms with Gasteiger partial charge in [-0.2, -0.15) is 15.4 Å². The molecule has 54 heavy (non-hydrogen) atoms. The maximum atomic E-state index is 14.6. The van der Waals surface area contributed by atoms with Crippen LogP contribution in [-0.2, 0) is 42.4 Å². The second kappa shape index (κ2) is 17.3. The van der Waals surface area contributed by atoms with Gasteiger partial charge in [0.15, 0.2) is 18.0 Å². The molecule has 2 fully saturated rings. The van der Waals surface area contributed by atoms with E-state index >= 15 is 0 Å². The van der Waals surface area contributed by atoms with Crippen molar-refractivity contribution in [3.8, 4) is 11.8 Å². The second-order valence-corrected chi connectivity index (χ2v) is 16.3. The number of benzene rings is 1. The number of hydrogen-bond acceptors (Lipinski definition) is 14. The van der Waals surface area contributed by atoms with Gasteiger partial charge in [0.05, 0.1) is 24.1 Å². The Labute approximate surface area is 314 Å². The first-order valence-corrected chi connectivity index (χ1v) is 19.7. The van der Waals surface area contributed by atoms with Gasteiger partial charge in [-0.1, -0.05) is 65.7 Å². The number of fused-ring (bicyclic) bond motifs is 1. The van der Waals surface area contributed by atoms with Crippen molar-refractivity contribution in [2.75, 3.05) is 18.9 Å². The summed E-state index contributed by atoms with van der Waals surface area (Å²) in [4.78, 5) is 43.6. The summed E-state index contributed by atoms with van der Waals surface area (Å²) in [5, 5.41) is 17.8. The molecular formula is C37H49N6O10P. The van der Waals surface area contributed by atoms with E-state index in [0.29, 0.717) is 11.4 Å². The van der Waals surface area contributed by atoms with Crippen LogP contribution in [0.1, 0.15) is 79.0 Å². The standard InChI is InChI=1S/C37H49N6O10P/c1-22(2)34(44)50-31-30(28-16-17-29-33(39)40-21-41-43(28)29)52-37(19-38,32(31)51-35(45)23(3)4)20-49-54(47,53-27-10-8-7-9-11-27)42-25(6)36(46)48-18-26-14-12-24(5)13-15-26/h7-11,16-17,21-26,30-32H,12-15,18,20H2,1-6H3,(H,42,47)(H2,39,40,41)/t24?,25-,26?,30-,31-,32-,37+,54-/m0/s1. The van der Waals surface area contributed by atoms with Crippen LogP contribution in [0.3, 0.4) is 0 Å². The zero-order valence-corrected chi connectivity index (χ0v) is 32.3. The van der Waals surface area contributed by atoms with Gasteiger partial charge in [-0.25, -0.2) is 14.1 Å².